The standard InChI is InChI=1S/C24H28F3N3OS/c1-15(20(31)30-14-23(4)12-17(30)11-22(2,3)13-23)32-21-28-18(16-8-6-5-7-9-16)10-19(29-21)24(25,26)27/h5-10,15,17H,11-14H2,1-4H3/t15-,17-,23+/m1/s1. The Kier molecular flexibility index (Phi) is 5.80. The van der Waals surface area contributed by atoms with Gasteiger partial charge in [0.15, 0.2) is 5.16 Å². The molecule has 32 heavy (non-hydrogen) atoms. The lowest BCUT2D eigenvalue weighted by Crippen LogP contribution is -2.41. The Morgan fingerprint density at radius 2 is 1.84 bits per heavy atom. The van der Waals surface area contributed by atoms with Crippen molar-refractivity contribution in [1.29, 1.82) is 0 Å². The number of carbonyl (C=O) groups excluding carboxylic acids is 1. The van der Waals surface area contributed by atoms with Gasteiger partial charge in [0, 0.05) is 18.2 Å². The highest BCUT2D eigenvalue weighted by molar-refractivity contribution is 8.00. The number of thioether (sulfide) groups is 1. The molecule has 1 amide bonds. The molecule has 2 heterocycles. The third-order valence-electron chi connectivity index (χ3n) is 6.39. The molecule has 0 N–H and O–H groups in total. The highest BCUT2D eigenvalue weighted by Crippen LogP contribution is 2.52. The first-order valence-corrected chi connectivity index (χ1v) is 11.7. The Hall–Kier alpha value is -2.09. The van der Waals surface area contributed by atoms with Crippen molar-refractivity contribution >= 4 is 17.7 Å². The van der Waals surface area contributed by atoms with Crippen LogP contribution in [0.15, 0.2) is 41.6 Å². The molecule has 4 rings (SSSR count). The van der Waals surface area contributed by atoms with E-state index in [9.17, 15) is 18.0 Å². The molecule has 1 aromatic carbocycles. The summed E-state index contributed by atoms with van der Waals surface area (Å²) in [6.45, 7) is 9.14. The van der Waals surface area contributed by atoms with Crippen LogP contribution in [0.4, 0.5) is 13.2 Å². The van der Waals surface area contributed by atoms with Gasteiger partial charge in [0.25, 0.3) is 0 Å². The van der Waals surface area contributed by atoms with E-state index in [1.807, 2.05) is 4.90 Å². The van der Waals surface area contributed by atoms with E-state index >= 15 is 0 Å². The van der Waals surface area contributed by atoms with Gasteiger partial charge in [-0.05, 0) is 43.1 Å². The number of halogens is 3. The average molecular weight is 464 g/mol. The number of hydrogen-bond acceptors (Lipinski definition) is 4. The van der Waals surface area contributed by atoms with Crippen LogP contribution in [0.25, 0.3) is 11.3 Å². The van der Waals surface area contributed by atoms with E-state index in [0.29, 0.717) is 12.1 Å². The minimum absolute atomic E-state index is 0.0340. The summed E-state index contributed by atoms with van der Waals surface area (Å²) in [6, 6.07) is 9.84. The minimum Gasteiger partial charge on any atom is -0.338 e. The van der Waals surface area contributed by atoms with Crippen LogP contribution in [0.2, 0.25) is 0 Å². The Morgan fingerprint density at radius 3 is 2.50 bits per heavy atom. The van der Waals surface area contributed by atoms with E-state index in [-0.39, 0.29) is 33.6 Å². The Labute approximate surface area is 191 Å². The second kappa shape index (κ2) is 8.04. The van der Waals surface area contributed by atoms with Gasteiger partial charge in [-0.3, -0.25) is 4.79 Å². The highest BCUT2D eigenvalue weighted by atomic mass is 32.2. The zero-order valence-electron chi connectivity index (χ0n) is 18.7. The molecule has 1 saturated heterocycles. The van der Waals surface area contributed by atoms with E-state index in [1.165, 1.54) is 0 Å². The first-order valence-electron chi connectivity index (χ1n) is 10.8. The summed E-state index contributed by atoms with van der Waals surface area (Å²) in [6.07, 6.45) is -1.60. The third kappa shape index (κ3) is 4.80. The first-order chi connectivity index (χ1) is 14.9. The van der Waals surface area contributed by atoms with Crippen molar-refractivity contribution in [2.75, 3.05) is 6.54 Å². The number of likely N-dealkylation sites (tertiary alicyclic amines) is 1. The largest absolute Gasteiger partial charge is 0.433 e. The number of hydrogen-bond donors (Lipinski definition) is 0. The van der Waals surface area contributed by atoms with Crippen molar-refractivity contribution in [2.45, 2.75) is 69.6 Å². The van der Waals surface area contributed by atoms with E-state index < -0.39 is 17.1 Å². The molecule has 1 aliphatic carbocycles. The molecule has 172 valence electrons. The lowest BCUT2D eigenvalue weighted by atomic mass is 9.65. The van der Waals surface area contributed by atoms with Crippen molar-refractivity contribution in [3.8, 4) is 11.3 Å². The maximum absolute atomic E-state index is 13.5. The van der Waals surface area contributed by atoms with E-state index in [1.54, 1.807) is 37.3 Å². The second-order valence-electron chi connectivity index (χ2n) is 10.2. The lowest BCUT2D eigenvalue weighted by Gasteiger charge is -2.39. The van der Waals surface area contributed by atoms with Crippen LogP contribution >= 0.6 is 11.8 Å². The number of amides is 1. The van der Waals surface area contributed by atoms with Crippen molar-refractivity contribution in [2.24, 2.45) is 10.8 Å². The van der Waals surface area contributed by atoms with E-state index in [4.69, 9.17) is 0 Å². The van der Waals surface area contributed by atoms with Crippen LogP contribution < -0.4 is 0 Å². The smallest absolute Gasteiger partial charge is 0.338 e. The SMILES string of the molecule is C[C@@H](Sc1nc(-c2ccccc2)cc(C(F)(F)F)n1)C(=O)N1C[C@@]2(C)C[C@H]1CC(C)(C)C2. The zero-order valence-corrected chi connectivity index (χ0v) is 19.6. The predicted molar refractivity (Wildman–Crippen MR) is 119 cm³/mol. The summed E-state index contributed by atoms with van der Waals surface area (Å²) < 4.78 is 40.5. The molecular weight excluding hydrogens is 435 g/mol. The molecule has 2 aliphatic rings. The van der Waals surface area contributed by atoms with Gasteiger partial charge in [0.1, 0.15) is 5.69 Å². The molecule has 0 radical (unpaired) electrons. The van der Waals surface area contributed by atoms with Gasteiger partial charge in [-0.25, -0.2) is 9.97 Å². The van der Waals surface area contributed by atoms with E-state index in [0.717, 1.165) is 37.1 Å². The number of carbonyl (C=O) groups is 1. The average Bonchev–Trinajstić information content (AvgIpc) is 2.95. The van der Waals surface area contributed by atoms with Gasteiger partial charge in [-0.2, -0.15) is 13.2 Å². The van der Waals surface area contributed by atoms with E-state index in [2.05, 4.69) is 30.7 Å². The van der Waals surface area contributed by atoms with Gasteiger partial charge in [0.05, 0.1) is 10.9 Å². The number of alkyl halides is 3. The fourth-order valence-electron chi connectivity index (χ4n) is 5.54. The number of nitrogens with zero attached hydrogens (tertiary/aromatic N) is 3. The molecule has 2 bridgehead atoms. The zero-order chi connectivity index (χ0) is 23.3. The van der Waals surface area contributed by atoms with Gasteiger partial charge < -0.3 is 4.90 Å². The van der Waals surface area contributed by atoms with Crippen molar-refractivity contribution in [3.05, 3.63) is 42.1 Å². The quantitative estimate of drug-likeness (QED) is 0.408. The molecular formula is C24H28F3N3OS. The first kappa shape index (κ1) is 23.1. The topological polar surface area (TPSA) is 46.1 Å². The molecule has 4 nitrogen and oxygen atoms in total. The third-order valence-corrected chi connectivity index (χ3v) is 7.34. The molecule has 1 aromatic heterocycles. The van der Waals surface area contributed by atoms with Crippen molar-refractivity contribution in [3.63, 3.8) is 0 Å². The minimum atomic E-state index is -4.60. The number of benzene rings is 1. The summed E-state index contributed by atoms with van der Waals surface area (Å²) in [4.78, 5) is 23.3. The molecule has 1 saturated carbocycles. The Bertz CT molecular complexity index is 1010. The number of aromatic nitrogens is 2. The van der Waals surface area contributed by atoms with Crippen LogP contribution in [0.1, 0.15) is 52.7 Å². The molecule has 2 fully saturated rings. The molecule has 8 heteroatoms. The van der Waals surface area contributed by atoms with Crippen LogP contribution in [-0.2, 0) is 11.0 Å². The van der Waals surface area contributed by atoms with Gasteiger partial charge in [-0.15, -0.1) is 0 Å². The molecule has 3 atom stereocenters. The lowest BCUT2D eigenvalue weighted by molar-refractivity contribution is -0.141. The van der Waals surface area contributed by atoms with Gasteiger partial charge in [0.2, 0.25) is 5.91 Å². The molecule has 1 aliphatic heterocycles. The van der Waals surface area contributed by atoms with Gasteiger partial charge in [-0.1, -0.05) is 62.9 Å². The Morgan fingerprint density at radius 1 is 1.16 bits per heavy atom. The molecule has 0 spiro atoms. The van der Waals surface area contributed by atoms with Gasteiger partial charge >= 0.3 is 6.18 Å². The summed E-state index contributed by atoms with van der Waals surface area (Å²) in [7, 11) is 0. The predicted octanol–water partition coefficient (Wildman–Crippen LogP) is 6.07. The maximum atomic E-state index is 13.5. The van der Waals surface area contributed by atoms with Crippen molar-refractivity contribution in [1.82, 2.24) is 14.9 Å². The Balaban J connectivity index is 1.58. The summed E-state index contributed by atoms with van der Waals surface area (Å²) in [5.41, 5.74) is 0.0446. The monoisotopic (exact) mass is 463 g/mol. The van der Waals surface area contributed by atoms with Crippen LogP contribution in [0, 0.1) is 10.8 Å². The summed E-state index contributed by atoms with van der Waals surface area (Å²) in [5, 5.41) is -0.610. The van der Waals surface area contributed by atoms with Crippen LogP contribution in [0.3, 0.4) is 0 Å². The second-order valence-corrected chi connectivity index (χ2v) is 11.5. The molecule has 2 aromatic rings. The summed E-state index contributed by atoms with van der Waals surface area (Å²) >= 11 is 0.997. The van der Waals surface area contributed by atoms with Crippen LogP contribution in [-0.4, -0.2) is 38.6 Å². The van der Waals surface area contributed by atoms with Crippen LogP contribution in [0.5, 0.6) is 0 Å². The number of rotatable bonds is 4. The summed E-state index contributed by atoms with van der Waals surface area (Å²) in [5.74, 6) is -0.0521. The fourth-order valence-corrected chi connectivity index (χ4v) is 6.39. The number of fused-ring (bicyclic) bond motifs is 2. The normalized spacial score (nSPS) is 25.6. The highest BCUT2D eigenvalue weighted by Gasteiger charge is 2.51. The fraction of sp³-hybridized carbons (Fsp3) is 0.542. The van der Waals surface area contributed by atoms with Crippen molar-refractivity contribution < 1.29 is 18.0 Å². The molecule has 0 unspecified atom stereocenters. The maximum Gasteiger partial charge on any atom is 0.433 e.